The maximum atomic E-state index is 11.4. The van der Waals surface area contributed by atoms with Gasteiger partial charge in [0.1, 0.15) is 5.65 Å². The molecule has 9 nitrogen and oxygen atoms in total. The number of anilines is 1. The van der Waals surface area contributed by atoms with E-state index in [1.165, 1.54) is 20.3 Å². The van der Waals surface area contributed by atoms with E-state index in [4.69, 9.17) is 0 Å². The first-order valence-electron chi connectivity index (χ1n) is 10.2. The maximum absolute atomic E-state index is 11.4. The van der Waals surface area contributed by atoms with Crippen molar-refractivity contribution in [2.24, 2.45) is 0 Å². The number of nitrogens with zero attached hydrogens (tertiary/aromatic N) is 2. The number of aromatic nitrogens is 2. The molecule has 0 spiro atoms. The number of hydrogen-bond acceptors (Lipinski definition) is 7. The largest absolute Gasteiger partial charge is 0.481 e. The summed E-state index contributed by atoms with van der Waals surface area (Å²) in [5.41, 5.74) is 4.51. The second kappa shape index (κ2) is 10.4. The van der Waals surface area contributed by atoms with Crippen LogP contribution in [0.1, 0.15) is 23.1 Å². The Morgan fingerprint density at radius 2 is 1.97 bits per heavy atom. The van der Waals surface area contributed by atoms with Gasteiger partial charge < -0.3 is 24.5 Å². The van der Waals surface area contributed by atoms with Crippen LogP contribution in [0.15, 0.2) is 42.7 Å². The molecule has 33 heavy (non-hydrogen) atoms. The molecule has 0 unspecified atom stereocenters. The number of carboxylic acids is 1. The van der Waals surface area contributed by atoms with Crippen LogP contribution in [-0.4, -0.2) is 53.3 Å². The number of carbonyl (C=O) groups is 3. The van der Waals surface area contributed by atoms with Gasteiger partial charge in [-0.1, -0.05) is 0 Å². The van der Waals surface area contributed by atoms with E-state index in [2.05, 4.69) is 19.8 Å². The second-order valence-electron chi connectivity index (χ2n) is 7.35. The third-order valence-electron chi connectivity index (χ3n) is 5.04. The van der Waals surface area contributed by atoms with Crippen LogP contribution in [0.4, 0.5) is 5.69 Å². The van der Waals surface area contributed by atoms with Gasteiger partial charge in [0.2, 0.25) is 0 Å². The molecule has 0 aliphatic carbocycles. The van der Waals surface area contributed by atoms with Gasteiger partial charge in [0.15, 0.2) is 0 Å². The minimum absolute atomic E-state index is 0.165. The summed E-state index contributed by atoms with van der Waals surface area (Å²) in [6.07, 6.45) is 6.33. The Labute approximate surface area is 190 Å². The molecule has 0 fully saturated rings. The molecule has 0 bridgehead atoms. The molecular weight excluding hydrogens is 426 g/mol. The number of pyridine rings is 1. The fourth-order valence-electron chi connectivity index (χ4n) is 3.45. The number of carbonyl (C=O) groups excluding carboxylic acids is 2. The van der Waals surface area contributed by atoms with Gasteiger partial charge in [0, 0.05) is 36.1 Å². The highest BCUT2D eigenvalue weighted by atomic mass is 16.5. The van der Waals surface area contributed by atoms with Gasteiger partial charge in [0.05, 0.1) is 32.7 Å². The first-order valence-corrected chi connectivity index (χ1v) is 10.2. The lowest BCUT2D eigenvalue weighted by molar-refractivity contribution is -0.140. The minimum atomic E-state index is -0.952. The van der Waals surface area contributed by atoms with Crippen LogP contribution in [0.2, 0.25) is 0 Å². The molecule has 3 rings (SSSR count). The van der Waals surface area contributed by atoms with Crippen LogP contribution in [0.3, 0.4) is 0 Å². The van der Waals surface area contributed by atoms with Crippen molar-refractivity contribution in [3.8, 4) is 5.69 Å². The normalized spacial score (nSPS) is 11.0. The Morgan fingerprint density at radius 3 is 2.64 bits per heavy atom. The molecule has 2 aromatic heterocycles. The molecule has 0 saturated carbocycles. The number of methoxy groups -OCH3 is 2. The standard InChI is InChI=1S/C24H25N3O6/c1-15-10-18(25-9-8-23(31)33-3)5-6-20(15)27-14-17(12-21(28)29)19-11-16(13-26-24(19)27)4-7-22(30)32-2/h4-7,10-11,13-14,25H,8-9,12H2,1-3H3,(H,28,29)/b7-4+. The van der Waals surface area contributed by atoms with Gasteiger partial charge in [-0.2, -0.15) is 0 Å². The predicted octanol–water partition coefficient (Wildman–Crippen LogP) is 3.12. The van der Waals surface area contributed by atoms with Crippen molar-refractivity contribution in [1.82, 2.24) is 9.55 Å². The SMILES string of the molecule is COC(=O)/C=C/c1cnc2c(c1)c(CC(=O)O)cn2-c1ccc(NCCC(=O)OC)cc1C. The van der Waals surface area contributed by atoms with E-state index in [1.54, 1.807) is 24.5 Å². The smallest absolute Gasteiger partial charge is 0.330 e. The third-order valence-corrected chi connectivity index (χ3v) is 5.04. The maximum Gasteiger partial charge on any atom is 0.330 e. The Bertz CT molecular complexity index is 1230. The van der Waals surface area contributed by atoms with Gasteiger partial charge in [-0.15, -0.1) is 0 Å². The second-order valence-corrected chi connectivity index (χ2v) is 7.35. The van der Waals surface area contributed by atoms with E-state index < -0.39 is 11.9 Å². The lowest BCUT2D eigenvalue weighted by Gasteiger charge is -2.12. The zero-order chi connectivity index (χ0) is 24.0. The highest BCUT2D eigenvalue weighted by Gasteiger charge is 2.15. The highest BCUT2D eigenvalue weighted by molar-refractivity contribution is 5.90. The summed E-state index contributed by atoms with van der Waals surface area (Å²) in [5.74, 6) is -1.73. The van der Waals surface area contributed by atoms with Crippen molar-refractivity contribution < 1.29 is 29.0 Å². The fourth-order valence-corrected chi connectivity index (χ4v) is 3.45. The van der Waals surface area contributed by atoms with E-state index in [1.807, 2.05) is 29.7 Å². The molecule has 1 aromatic carbocycles. The number of ether oxygens (including phenoxy) is 2. The highest BCUT2D eigenvalue weighted by Crippen LogP contribution is 2.28. The van der Waals surface area contributed by atoms with Gasteiger partial charge in [0.25, 0.3) is 0 Å². The van der Waals surface area contributed by atoms with Crippen molar-refractivity contribution in [1.29, 1.82) is 0 Å². The predicted molar refractivity (Wildman–Crippen MR) is 123 cm³/mol. The van der Waals surface area contributed by atoms with Gasteiger partial charge >= 0.3 is 17.9 Å². The van der Waals surface area contributed by atoms with Crippen LogP contribution >= 0.6 is 0 Å². The molecule has 0 aliphatic rings. The van der Waals surface area contributed by atoms with E-state index in [-0.39, 0.29) is 18.8 Å². The first-order chi connectivity index (χ1) is 15.8. The van der Waals surface area contributed by atoms with E-state index in [0.29, 0.717) is 28.7 Å². The average Bonchev–Trinajstić information content (AvgIpc) is 3.14. The topological polar surface area (TPSA) is 120 Å². The number of benzene rings is 1. The Balaban J connectivity index is 1.96. The van der Waals surface area contributed by atoms with Gasteiger partial charge in [-0.3, -0.25) is 9.59 Å². The van der Waals surface area contributed by atoms with Crippen molar-refractivity contribution in [2.75, 3.05) is 26.1 Å². The summed E-state index contributed by atoms with van der Waals surface area (Å²) < 4.78 is 11.1. The molecule has 172 valence electrons. The molecule has 9 heteroatoms. The zero-order valence-corrected chi connectivity index (χ0v) is 18.6. The summed E-state index contributed by atoms with van der Waals surface area (Å²) in [7, 11) is 2.65. The molecule has 2 N–H and O–H groups in total. The van der Waals surface area contributed by atoms with Gasteiger partial charge in [-0.25, -0.2) is 9.78 Å². The first kappa shape index (κ1) is 23.5. The molecule has 0 aliphatic heterocycles. The number of esters is 2. The van der Waals surface area contributed by atoms with Crippen molar-refractivity contribution in [3.63, 3.8) is 0 Å². The van der Waals surface area contributed by atoms with Crippen LogP contribution in [0.25, 0.3) is 22.8 Å². The summed E-state index contributed by atoms with van der Waals surface area (Å²) in [4.78, 5) is 38.6. The molecule has 0 saturated heterocycles. The Morgan fingerprint density at radius 1 is 1.18 bits per heavy atom. The Kier molecular flexibility index (Phi) is 7.45. The van der Waals surface area contributed by atoms with Crippen molar-refractivity contribution >= 4 is 40.7 Å². The lowest BCUT2D eigenvalue weighted by atomic mass is 10.1. The van der Waals surface area contributed by atoms with E-state index in [0.717, 1.165) is 16.9 Å². The molecule has 0 atom stereocenters. The molecule has 0 amide bonds. The van der Waals surface area contributed by atoms with E-state index >= 15 is 0 Å². The third kappa shape index (κ3) is 5.76. The number of rotatable bonds is 9. The molecule has 3 aromatic rings. The summed E-state index contributed by atoms with van der Waals surface area (Å²) in [6.45, 7) is 2.39. The number of aliphatic carboxylic acids is 1. The number of nitrogens with one attached hydrogen (secondary N) is 1. The number of carboxylic acid groups (broad SMARTS) is 1. The van der Waals surface area contributed by atoms with Crippen LogP contribution in [-0.2, 0) is 30.3 Å². The zero-order valence-electron chi connectivity index (χ0n) is 18.6. The van der Waals surface area contributed by atoms with Crippen molar-refractivity contribution in [3.05, 3.63) is 59.4 Å². The summed E-state index contributed by atoms with van der Waals surface area (Å²) >= 11 is 0. The quantitative estimate of drug-likeness (QED) is 0.376. The fraction of sp³-hybridized carbons (Fsp3) is 0.250. The molecular formula is C24H25N3O6. The molecule has 2 heterocycles. The van der Waals surface area contributed by atoms with Crippen molar-refractivity contribution in [2.45, 2.75) is 19.8 Å². The number of aryl methyl sites for hydroxylation is 1. The number of fused-ring (bicyclic) bond motifs is 1. The van der Waals surface area contributed by atoms with Crippen LogP contribution in [0.5, 0.6) is 0 Å². The van der Waals surface area contributed by atoms with Crippen LogP contribution in [0, 0.1) is 6.92 Å². The van der Waals surface area contributed by atoms with E-state index in [9.17, 15) is 19.5 Å². The minimum Gasteiger partial charge on any atom is -0.481 e. The van der Waals surface area contributed by atoms with Gasteiger partial charge in [-0.05, 0) is 54.0 Å². The monoisotopic (exact) mass is 451 g/mol. The summed E-state index contributed by atoms with van der Waals surface area (Å²) in [6, 6.07) is 7.54. The van der Waals surface area contributed by atoms with Crippen LogP contribution < -0.4 is 5.32 Å². The molecule has 0 radical (unpaired) electrons. The lowest BCUT2D eigenvalue weighted by Crippen LogP contribution is -2.10. The summed E-state index contributed by atoms with van der Waals surface area (Å²) in [5, 5.41) is 13.2. The average molecular weight is 451 g/mol. The Hall–Kier alpha value is -4.14. The number of hydrogen-bond donors (Lipinski definition) is 2.